The molecule has 2 aromatic rings. The van der Waals surface area contributed by atoms with Crippen molar-refractivity contribution in [3.8, 4) is 0 Å². The maximum atomic E-state index is 12.7. The molecular formula is C23H26ClN3O3. The largest absolute Gasteiger partial charge is 0.332 e. The minimum atomic E-state index is -0.268. The van der Waals surface area contributed by atoms with Gasteiger partial charge in [-0.15, -0.1) is 0 Å². The van der Waals surface area contributed by atoms with Crippen molar-refractivity contribution in [2.75, 3.05) is 31.7 Å². The Morgan fingerprint density at radius 3 is 2.37 bits per heavy atom. The van der Waals surface area contributed by atoms with Crippen molar-refractivity contribution in [2.24, 2.45) is 0 Å². The zero-order chi connectivity index (χ0) is 21.7. The Balaban J connectivity index is 1.58. The zero-order valence-corrected chi connectivity index (χ0v) is 18.1. The zero-order valence-electron chi connectivity index (χ0n) is 17.3. The molecule has 0 N–H and O–H groups in total. The molecule has 0 saturated carbocycles. The number of likely N-dealkylation sites (N-methyl/N-ethyl adjacent to an activating group) is 1. The van der Waals surface area contributed by atoms with Gasteiger partial charge in [-0.1, -0.05) is 37.1 Å². The normalized spacial score (nSPS) is 13.6. The van der Waals surface area contributed by atoms with Gasteiger partial charge in [-0.05, 0) is 54.8 Å². The van der Waals surface area contributed by atoms with Crippen molar-refractivity contribution in [2.45, 2.75) is 26.2 Å². The molecule has 0 atom stereocenters. The molecule has 1 aliphatic rings. The summed E-state index contributed by atoms with van der Waals surface area (Å²) < 4.78 is 0. The summed E-state index contributed by atoms with van der Waals surface area (Å²) in [5.41, 5.74) is 2.43. The maximum Gasteiger partial charge on any atom is 0.254 e. The third-order valence-corrected chi connectivity index (χ3v) is 5.42. The van der Waals surface area contributed by atoms with Crippen LogP contribution in [0.2, 0.25) is 5.02 Å². The van der Waals surface area contributed by atoms with Crippen LogP contribution in [0.25, 0.3) is 0 Å². The smallest absolute Gasteiger partial charge is 0.254 e. The van der Waals surface area contributed by atoms with E-state index in [1.165, 1.54) is 20.3 Å². The van der Waals surface area contributed by atoms with E-state index >= 15 is 0 Å². The lowest BCUT2D eigenvalue weighted by Gasteiger charge is -2.22. The topological polar surface area (TPSA) is 60.9 Å². The Kier molecular flexibility index (Phi) is 7.11. The minimum absolute atomic E-state index is 0.00435. The van der Waals surface area contributed by atoms with Crippen molar-refractivity contribution in [1.82, 2.24) is 9.80 Å². The van der Waals surface area contributed by atoms with Gasteiger partial charge in [0.15, 0.2) is 0 Å². The van der Waals surface area contributed by atoms with Crippen LogP contribution in [-0.2, 0) is 16.0 Å². The van der Waals surface area contributed by atoms with Crippen LogP contribution in [-0.4, -0.2) is 54.3 Å². The average Bonchev–Trinajstić information content (AvgIpc) is 3.14. The molecule has 3 amide bonds. The van der Waals surface area contributed by atoms with Crippen LogP contribution in [0.4, 0.5) is 5.69 Å². The van der Waals surface area contributed by atoms with Gasteiger partial charge in [0.05, 0.1) is 6.54 Å². The quantitative estimate of drug-likeness (QED) is 0.678. The highest BCUT2D eigenvalue weighted by Gasteiger charge is 2.32. The van der Waals surface area contributed by atoms with E-state index in [1.807, 2.05) is 12.1 Å². The van der Waals surface area contributed by atoms with Crippen molar-refractivity contribution in [3.05, 3.63) is 64.7 Å². The second-order valence-electron chi connectivity index (χ2n) is 7.49. The molecule has 0 unspecified atom stereocenters. The summed E-state index contributed by atoms with van der Waals surface area (Å²) in [5, 5.41) is 0.580. The number of hydrogen-bond donors (Lipinski definition) is 0. The Hall–Kier alpha value is -2.86. The van der Waals surface area contributed by atoms with Crippen LogP contribution in [0.15, 0.2) is 48.5 Å². The lowest BCUT2D eigenvalue weighted by molar-refractivity contribution is -0.132. The number of carbonyl (C=O) groups excluding carboxylic acids is 3. The number of carbonyl (C=O) groups is 3. The number of aryl methyl sites for hydroxylation is 1. The molecule has 6 nitrogen and oxygen atoms in total. The first kappa shape index (κ1) is 21.8. The molecule has 158 valence electrons. The number of unbranched alkanes of at least 4 members (excludes halogenated alkanes) is 1. The summed E-state index contributed by atoms with van der Waals surface area (Å²) in [6.45, 7) is 2.22. The number of benzene rings is 2. The monoisotopic (exact) mass is 427 g/mol. The van der Waals surface area contributed by atoms with E-state index in [0.29, 0.717) is 16.3 Å². The van der Waals surface area contributed by atoms with Gasteiger partial charge in [0.1, 0.15) is 13.2 Å². The number of rotatable bonds is 7. The minimum Gasteiger partial charge on any atom is -0.332 e. The second-order valence-corrected chi connectivity index (χ2v) is 7.93. The van der Waals surface area contributed by atoms with Crippen LogP contribution in [0, 0.1) is 0 Å². The lowest BCUT2D eigenvalue weighted by Crippen LogP contribution is -2.40. The van der Waals surface area contributed by atoms with Crippen molar-refractivity contribution in [3.63, 3.8) is 0 Å². The van der Waals surface area contributed by atoms with Crippen LogP contribution >= 0.6 is 11.6 Å². The summed E-state index contributed by atoms with van der Waals surface area (Å²) in [6.07, 6.45) is 3.23. The molecule has 30 heavy (non-hydrogen) atoms. The molecule has 0 aromatic heterocycles. The van der Waals surface area contributed by atoms with E-state index < -0.39 is 0 Å². The number of nitrogens with zero attached hydrogens (tertiary/aromatic N) is 3. The molecule has 0 aliphatic carbocycles. The first-order valence-electron chi connectivity index (χ1n) is 10.1. The predicted molar refractivity (Wildman–Crippen MR) is 118 cm³/mol. The van der Waals surface area contributed by atoms with Gasteiger partial charge in [-0.25, -0.2) is 0 Å². The van der Waals surface area contributed by atoms with E-state index in [0.717, 1.165) is 19.3 Å². The third kappa shape index (κ3) is 5.19. The maximum absolute atomic E-state index is 12.7. The molecule has 0 bridgehead atoms. The molecule has 2 aromatic carbocycles. The Bertz CT molecular complexity index is 912. The molecule has 1 aliphatic heterocycles. The fourth-order valence-electron chi connectivity index (χ4n) is 3.35. The molecule has 1 fully saturated rings. The predicted octanol–water partition coefficient (Wildman–Crippen LogP) is 3.59. The van der Waals surface area contributed by atoms with Crippen molar-refractivity contribution >= 4 is 35.0 Å². The Morgan fingerprint density at radius 1 is 1.07 bits per heavy atom. The summed E-state index contributed by atoms with van der Waals surface area (Å²) in [6, 6.07) is 14.4. The Labute approximate surface area is 182 Å². The lowest BCUT2D eigenvalue weighted by atomic mass is 10.1. The molecule has 7 heteroatoms. The van der Waals surface area contributed by atoms with Crippen LogP contribution < -0.4 is 4.90 Å². The highest BCUT2D eigenvalue weighted by atomic mass is 35.5. The van der Waals surface area contributed by atoms with Gasteiger partial charge >= 0.3 is 0 Å². The van der Waals surface area contributed by atoms with Gasteiger partial charge in [-0.3, -0.25) is 19.3 Å². The number of amides is 3. The van der Waals surface area contributed by atoms with Gasteiger partial charge in [0.2, 0.25) is 11.8 Å². The van der Waals surface area contributed by atoms with Crippen molar-refractivity contribution < 1.29 is 14.4 Å². The summed E-state index contributed by atoms with van der Waals surface area (Å²) in [4.78, 5) is 42.1. The highest BCUT2D eigenvalue weighted by Crippen LogP contribution is 2.22. The standard InChI is InChI=1S/C23H26ClN3O3/c1-3-4-5-17-6-8-18(9-7-17)23(30)25(2)14-21(28)26-15-22(29)27(16-26)20-12-10-19(24)11-13-20/h6-13H,3-5,14-16H2,1-2H3. The first-order valence-corrected chi connectivity index (χ1v) is 10.4. The van der Waals surface area contributed by atoms with Crippen LogP contribution in [0.1, 0.15) is 35.7 Å². The van der Waals surface area contributed by atoms with E-state index in [1.54, 1.807) is 43.4 Å². The number of hydrogen-bond acceptors (Lipinski definition) is 3. The summed E-state index contributed by atoms with van der Waals surface area (Å²) in [5.74, 6) is -0.650. The molecule has 1 heterocycles. The first-order chi connectivity index (χ1) is 14.4. The fourth-order valence-corrected chi connectivity index (χ4v) is 3.48. The molecule has 3 rings (SSSR count). The van der Waals surface area contributed by atoms with Gasteiger partial charge in [0, 0.05) is 23.3 Å². The summed E-state index contributed by atoms with van der Waals surface area (Å²) >= 11 is 5.90. The molecule has 0 radical (unpaired) electrons. The highest BCUT2D eigenvalue weighted by molar-refractivity contribution is 6.30. The fraction of sp³-hybridized carbons (Fsp3) is 0.348. The number of anilines is 1. The van der Waals surface area contributed by atoms with Gasteiger partial charge < -0.3 is 9.80 Å². The number of halogens is 1. The Morgan fingerprint density at radius 2 is 1.73 bits per heavy atom. The van der Waals surface area contributed by atoms with Gasteiger partial charge in [-0.2, -0.15) is 0 Å². The van der Waals surface area contributed by atoms with E-state index in [9.17, 15) is 14.4 Å². The third-order valence-electron chi connectivity index (χ3n) is 5.17. The van der Waals surface area contributed by atoms with E-state index in [4.69, 9.17) is 11.6 Å². The summed E-state index contributed by atoms with van der Waals surface area (Å²) in [7, 11) is 1.60. The van der Waals surface area contributed by atoms with Gasteiger partial charge in [0.25, 0.3) is 5.91 Å². The van der Waals surface area contributed by atoms with E-state index in [-0.39, 0.29) is 37.5 Å². The molecule has 1 saturated heterocycles. The second kappa shape index (κ2) is 9.76. The van der Waals surface area contributed by atoms with Crippen LogP contribution in [0.3, 0.4) is 0 Å². The van der Waals surface area contributed by atoms with Crippen LogP contribution in [0.5, 0.6) is 0 Å². The van der Waals surface area contributed by atoms with Crippen molar-refractivity contribution in [1.29, 1.82) is 0 Å². The molecular weight excluding hydrogens is 402 g/mol. The average molecular weight is 428 g/mol. The molecule has 0 spiro atoms. The SMILES string of the molecule is CCCCc1ccc(C(=O)N(C)CC(=O)N2CC(=O)N(c3ccc(Cl)cc3)C2)cc1. The van der Waals surface area contributed by atoms with E-state index in [2.05, 4.69) is 6.92 Å².